The number of rotatable bonds is 7. The van der Waals surface area contributed by atoms with Gasteiger partial charge in [-0.2, -0.15) is 4.39 Å². The van der Waals surface area contributed by atoms with Crippen LogP contribution in [0.4, 0.5) is 13.2 Å². The van der Waals surface area contributed by atoms with Crippen molar-refractivity contribution < 1.29 is 17.9 Å². The molecule has 34 heavy (non-hydrogen) atoms. The van der Waals surface area contributed by atoms with Crippen LogP contribution in [0.25, 0.3) is 27.8 Å². The first kappa shape index (κ1) is 23.9. The molecule has 0 aliphatic heterocycles. The van der Waals surface area contributed by atoms with E-state index in [9.17, 15) is 8.78 Å². The summed E-state index contributed by atoms with van der Waals surface area (Å²) in [5.74, 6) is -1.72. The minimum atomic E-state index is -1.02. The standard InChI is InChI=1S/C30H29F3O/c1-3-4-5-6-20-7-9-21(10-8-20)24-15-16-25(27(31)19-24)22-11-13-23(14-12-22)26-17-18-28(34-2)30(33)29(26)32/h3-4,9,11-20H,5-8,10H2,1-2H3. The van der Waals surface area contributed by atoms with Crippen LogP contribution in [0.15, 0.2) is 72.8 Å². The second-order valence-electron chi connectivity index (χ2n) is 8.73. The first-order valence-corrected chi connectivity index (χ1v) is 11.7. The molecule has 0 aromatic heterocycles. The van der Waals surface area contributed by atoms with E-state index in [1.165, 1.54) is 31.2 Å². The quantitative estimate of drug-likeness (QED) is 0.318. The first-order valence-electron chi connectivity index (χ1n) is 11.7. The Kier molecular flexibility index (Phi) is 7.56. The lowest BCUT2D eigenvalue weighted by atomic mass is 9.84. The maximum absolute atomic E-state index is 15.0. The fourth-order valence-electron chi connectivity index (χ4n) is 4.60. The molecule has 3 aromatic rings. The normalized spacial score (nSPS) is 16.0. The average Bonchev–Trinajstić information content (AvgIpc) is 2.86. The summed E-state index contributed by atoms with van der Waals surface area (Å²) in [5.41, 5.74) is 3.95. The predicted molar refractivity (Wildman–Crippen MR) is 133 cm³/mol. The van der Waals surface area contributed by atoms with Gasteiger partial charge in [0.2, 0.25) is 5.82 Å². The van der Waals surface area contributed by atoms with Gasteiger partial charge >= 0.3 is 0 Å². The molecule has 0 heterocycles. The molecule has 1 atom stereocenters. The van der Waals surface area contributed by atoms with E-state index in [1.807, 2.05) is 13.0 Å². The topological polar surface area (TPSA) is 9.23 Å². The number of methoxy groups -OCH3 is 1. The van der Waals surface area contributed by atoms with E-state index in [0.29, 0.717) is 22.6 Å². The van der Waals surface area contributed by atoms with Crippen LogP contribution in [0.5, 0.6) is 5.75 Å². The largest absolute Gasteiger partial charge is 0.494 e. The number of ether oxygens (including phenoxy) is 1. The number of halogens is 3. The van der Waals surface area contributed by atoms with Gasteiger partial charge in [0, 0.05) is 11.1 Å². The molecule has 3 aromatic carbocycles. The SMILES string of the molecule is CC=CCCC1CC=C(c2ccc(-c3ccc(-c4ccc(OC)c(F)c4F)cc3)c(F)c2)CC1. The molecule has 0 amide bonds. The van der Waals surface area contributed by atoms with Crippen molar-refractivity contribution in [2.75, 3.05) is 7.11 Å². The Balaban J connectivity index is 1.50. The summed E-state index contributed by atoms with van der Waals surface area (Å²) in [4.78, 5) is 0. The van der Waals surface area contributed by atoms with Gasteiger partial charge in [0.05, 0.1) is 7.11 Å². The van der Waals surface area contributed by atoms with Crippen LogP contribution in [0.3, 0.4) is 0 Å². The molecule has 4 rings (SSSR count). The van der Waals surface area contributed by atoms with E-state index in [2.05, 4.69) is 18.2 Å². The summed E-state index contributed by atoms with van der Waals surface area (Å²) in [5, 5.41) is 0. The van der Waals surface area contributed by atoms with Gasteiger partial charge in [0.1, 0.15) is 5.82 Å². The van der Waals surface area contributed by atoms with Crippen molar-refractivity contribution in [2.24, 2.45) is 5.92 Å². The van der Waals surface area contributed by atoms with E-state index >= 15 is 4.39 Å². The van der Waals surface area contributed by atoms with Crippen molar-refractivity contribution in [3.63, 3.8) is 0 Å². The lowest BCUT2D eigenvalue weighted by Crippen LogP contribution is -2.05. The second kappa shape index (κ2) is 10.8. The van der Waals surface area contributed by atoms with Gasteiger partial charge in [-0.15, -0.1) is 0 Å². The molecule has 0 fully saturated rings. The minimum Gasteiger partial charge on any atom is -0.494 e. The Morgan fingerprint density at radius 3 is 2.18 bits per heavy atom. The predicted octanol–water partition coefficient (Wildman–Crippen LogP) is 8.99. The molecule has 0 saturated heterocycles. The number of benzene rings is 3. The Morgan fingerprint density at radius 2 is 1.56 bits per heavy atom. The third-order valence-corrected chi connectivity index (χ3v) is 6.61. The van der Waals surface area contributed by atoms with E-state index < -0.39 is 11.6 Å². The summed E-state index contributed by atoms with van der Waals surface area (Å²) >= 11 is 0. The molecule has 1 unspecified atom stereocenters. The summed E-state index contributed by atoms with van der Waals surface area (Å²) < 4.78 is 48.4. The molecule has 1 aliphatic rings. The summed E-state index contributed by atoms with van der Waals surface area (Å²) in [6, 6.07) is 15.0. The average molecular weight is 463 g/mol. The van der Waals surface area contributed by atoms with Crippen molar-refractivity contribution in [2.45, 2.75) is 39.0 Å². The maximum atomic E-state index is 15.0. The number of hydrogen-bond donors (Lipinski definition) is 0. The van der Waals surface area contributed by atoms with Gasteiger partial charge in [0.15, 0.2) is 11.6 Å². The lowest BCUT2D eigenvalue weighted by molar-refractivity contribution is 0.372. The second-order valence-corrected chi connectivity index (χ2v) is 8.73. The molecular weight excluding hydrogens is 433 g/mol. The molecular formula is C30H29F3O. The van der Waals surface area contributed by atoms with E-state index in [-0.39, 0.29) is 17.1 Å². The molecule has 4 heteroatoms. The zero-order valence-electron chi connectivity index (χ0n) is 19.6. The third-order valence-electron chi connectivity index (χ3n) is 6.61. The molecule has 0 N–H and O–H groups in total. The molecule has 1 nitrogen and oxygen atoms in total. The van der Waals surface area contributed by atoms with Gasteiger partial charge in [0.25, 0.3) is 0 Å². The Bertz CT molecular complexity index is 1210. The van der Waals surface area contributed by atoms with Crippen LogP contribution >= 0.6 is 0 Å². The molecule has 176 valence electrons. The lowest BCUT2D eigenvalue weighted by Gasteiger charge is -2.22. The summed E-state index contributed by atoms with van der Waals surface area (Å²) in [6.07, 6.45) is 12.0. The third kappa shape index (κ3) is 5.11. The van der Waals surface area contributed by atoms with Gasteiger partial charge in [-0.1, -0.05) is 54.6 Å². The molecule has 0 saturated carbocycles. The molecule has 0 radical (unpaired) electrons. The Morgan fingerprint density at radius 1 is 0.882 bits per heavy atom. The zero-order chi connectivity index (χ0) is 24.1. The zero-order valence-corrected chi connectivity index (χ0v) is 19.6. The van der Waals surface area contributed by atoms with Crippen LogP contribution in [0.1, 0.15) is 44.6 Å². The molecule has 0 spiro atoms. The highest BCUT2D eigenvalue weighted by atomic mass is 19.2. The minimum absolute atomic E-state index is 0.133. The smallest absolute Gasteiger partial charge is 0.201 e. The van der Waals surface area contributed by atoms with Crippen LogP contribution in [-0.2, 0) is 0 Å². The Labute approximate surface area is 199 Å². The highest BCUT2D eigenvalue weighted by molar-refractivity contribution is 5.74. The van der Waals surface area contributed by atoms with Crippen molar-refractivity contribution in [3.8, 4) is 28.0 Å². The number of allylic oxidation sites excluding steroid dienone is 4. The van der Waals surface area contributed by atoms with E-state index in [1.54, 1.807) is 36.4 Å². The fraction of sp³-hybridized carbons (Fsp3) is 0.267. The van der Waals surface area contributed by atoms with Gasteiger partial charge in [-0.25, -0.2) is 8.78 Å². The van der Waals surface area contributed by atoms with Gasteiger partial charge < -0.3 is 4.74 Å². The van der Waals surface area contributed by atoms with Crippen LogP contribution in [0.2, 0.25) is 0 Å². The van der Waals surface area contributed by atoms with Crippen molar-refractivity contribution in [1.82, 2.24) is 0 Å². The van der Waals surface area contributed by atoms with Gasteiger partial charge in [-0.05, 0) is 85.4 Å². The van der Waals surface area contributed by atoms with Crippen LogP contribution < -0.4 is 4.74 Å². The fourth-order valence-corrected chi connectivity index (χ4v) is 4.60. The van der Waals surface area contributed by atoms with Crippen molar-refractivity contribution in [3.05, 3.63) is 95.8 Å². The van der Waals surface area contributed by atoms with Crippen molar-refractivity contribution >= 4 is 5.57 Å². The first-order chi connectivity index (χ1) is 16.5. The van der Waals surface area contributed by atoms with Crippen molar-refractivity contribution in [1.29, 1.82) is 0 Å². The summed E-state index contributed by atoms with van der Waals surface area (Å²) in [7, 11) is 1.29. The highest BCUT2D eigenvalue weighted by Gasteiger charge is 2.17. The molecule has 0 bridgehead atoms. The van der Waals surface area contributed by atoms with Crippen LogP contribution in [0, 0.1) is 23.4 Å². The monoisotopic (exact) mass is 462 g/mol. The maximum Gasteiger partial charge on any atom is 0.201 e. The van der Waals surface area contributed by atoms with Crippen LogP contribution in [-0.4, -0.2) is 7.11 Å². The number of hydrogen-bond acceptors (Lipinski definition) is 1. The molecule has 1 aliphatic carbocycles. The Hall–Kier alpha value is -3.27. The highest BCUT2D eigenvalue weighted by Crippen LogP contribution is 2.35. The summed E-state index contributed by atoms with van der Waals surface area (Å²) in [6.45, 7) is 2.05. The van der Waals surface area contributed by atoms with E-state index in [4.69, 9.17) is 4.74 Å². The van der Waals surface area contributed by atoms with E-state index in [0.717, 1.165) is 31.2 Å². The van der Waals surface area contributed by atoms with Gasteiger partial charge in [-0.3, -0.25) is 0 Å².